The third-order valence-corrected chi connectivity index (χ3v) is 6.93. The second-order valence-corrected chi connectivity index (χ2v) is 9.69. The zero-order chi connectivity index (χ0) is 21.9. The minimum atomic E-state index is -0.995. The summed E-state index contributed by atoms with van der Waals surface area (Å²) in [6.45, 7) is 7.49. The Labute approximate surface area is 184 Å². The van der Waals surface area contributed by atoms with Crippen molar-refractivity contribution in [2.75, 3.05) is 5.75 Å². The lowest BCUT2D eigenvalue weighted by atomic mass is 10.0. The fraction of sp³-hybridized carbons (Fsp3) is 0.550. The van der Waals surface area contributed by atoms with Gasteiger partial charge in [-0.3, -0.25) is 14.6 Å². The normalized spacial score (nSPS) is 28.3. The van der Waals surface area contributed by atoms with Crippen molar-refractivity contribution in [1.29, 1.82) is 0 Å². The van der Waals surface area contributed by atoms with Crippen LogP contribution in [-0.4, -0.2) is 51.2 Å². The highest BCUT2D eigenvalue weighted by Crippen LogP contribution is 2.32. The molecule has 2 amide bonds. The Bertz CT molecular complexity index is 895. The average molecular weight is 451 g/mol. The number of thioether (sulfide) groups is 1. The molecule has 1 aromatic rings. The smallest absolute Gasteiger partial charge is 0.329 e. The molecule has 0 radical (unpaired) electrons. The first kappa shape index (κ1) is 22.5. The number of hydrogen-bond donors (Lipinski definition) is 2. The minimum Gasteiger partial charge on any atom is -0.456 e. The lowest BCUT2D eigenvalue weighted by Gasteiger charge is -2.27. The van der Waals surface area contributed by atoms with Gasteiger partial charge in [0.2, 0.25) is 11.8 Å². The number of carbonyl (C=O) groups excluding carboxylic acids is 3. The van der Waals surface area contributed by atoms with Gasteiger partial charge in [-0.1, -0.05) is 19.9 Å². The molecule has 1 aromatic heterocycles. The van der Waals surface area contributed by atoms with Crippen LogP contribution in [0.4, 0.5) is 0 Å². The van der Waals surface area contributed by atoms with Crippen molar-refractivity contribution in [3.63, 3.8) is 0 Å². The van der Waals surface area contributed by atoms with E-state index in [2.05, 4.69) is 20.6 Å². The van der Waals surface area contributed by atoms with E-state index in [1.807, 2.05) is 19.2 Å². The molecule has 3 rings (SSSR count). The molecule has 4 bridgehead atoms. The van der Waals surface area contributed by atoms with Crippen LogP contribution in [0.25, 0.3) is 0 Å². The Morgan fingerprint density at radius 2 is 2.10 bits per heavy atom. The SMILES string of the molecule is CC=CC1CC(=O)NCc2nc(cs2)C2=NC(C)(CS2)C(=O)NC(C(C)C)C(=O)O1. The van der Waals surface area contributed by atoms with Crippen molar-refractivity contribution in [2.45, 2.75) is 58.3 Å². The Morgan fingerprint density at radius 3 is 2.80 bits per heavy atom. The van der Waals surface area contributed by atoms with E-state index in [0.717, 1.165) is 5.01 Å². The molecule has 3 unspecified atom stereocenters. The molecule has 8 nitrogen and oxygen atoms in total. The van der Waals surface area contributed by atoms with Crippen LogP contribution in [0.3, 0.4) is 0 Å². The van der Waals surface area contributed by atoms with Crippen LogP contribution in [0.1, 0.15) is 44.8 Å². The molecule has 0 spiro atoms. The van der Waals surface area contributed by atoms with Crippen molar-refractivity contribution < 1.29 is 19.1 Å². The van der Waals surface area contributed by atoms with E-state index in [0.29, 0.717) is 16.5 Å². The Hall–Kier alpha value is -2.20. The number of aliphatic imine (C=N–C) groups is 1. The number of allylic oxidation sites excluding steroid dienone is 1. The van der Waals surface area contributed by atoms with E-state index >= 15 is 0 Å². The number of rotatable bonds is 2. The van der Waals surface area contributed by atoms with E-state index in [1.54, 1.807) is 26.0 Å². The summed E-state index contributed by atoms with van der Waals surface area (Å²) < 4.78 is 5.57. The highest BCUT2D eigenvalue weighted by atomic mass is 32.2. The predicted octanol–water partition coefficient (Wildman–Crippen LogP) is 2.04. The summed E-state index contributed by atoms with van der Waals surface area (Å²) in [5.41, 5.74) is -0.296. The first-order valence-corrected chi connectivity index (χ1v) is 11.7. The fourth-order valence-electron chi connectivity index (χ4n) is 3.05. The molecule has 3 atom stereocenters. The van der Waals surface area contributed by atoms with E-state index < -0.39 is 23.7 Å². The van der Waals surface area contributed by atoms with Gasteiger partial charge in [0.15, 0.2) is 0 Å². The van der Waals surface area contributed by atoms with Crippen molar-refractivity contribution in [3.8, 4) is 0 Å². The molecule has 3 heterocycles. The van der Waals surface area contributed by atoms with Crippen LogP contribution in [0.15, 0.2) is 22.5 Å². The number of hydrogen-bond acceptors (Lipinski definition) is 8. The molecule has 10 heteroatoms. The molecule has 2 N–H and O–H groups in total. The lowest BCUT2D eigenvalue weighted by molar-refractivity contribution is -0.153. The number of nitrogens with zero attached hydrogens (tertiary/aromatic N) is 2. The fourth-order valence-corrected chi connectivity index (χ4v) is 4.97. The second-order valence-electron chi connectivity index (χ2n) is 7.78. The molecule has 0 fully saturated rings. The summed E-state index contributed by atoms with van der Waals surface area (Å²) in [5, 5.41) is 8.94. The molecule has 2 aliphatic heterocycles. The summed E-state index contributed by atoms with van der Waals surface area (Å²) in [5.74, 6) is -0.882. The van der Waals surface area contributed by atoms with Crippen LogP contribution in [0.5, 0.6) is 0 Å². The molecule has 2 aliphatic rings. The van der Waals surface area contributed by atoms with Crippen LogP contribution in [-0.2, 0) is 25.7 Å². The molecular weight excluding hydrogens is 424 g/mol. The Morgan fingerprint density at radius 1 is 1.33 bits per heavy atom. The van der Waals surface area contributed by atoms with Gasteiger partial charge >= 0.3 is 5.97 Å². The first-order valence-electron chi connectivity index (χ1n) is 9.80. The van der Waals surface area contributed by atoms with E-state index in [9.17, 15) is 14.4 Å². The van der Waals surface area contributed by atoms with Gasteiger partial charge in [0.25, 0.3) is 0 Å². The molecule has 30 heavy (non-hydrogen) atoms. The Balaban J connectivity index is 1.94. The summed E-state index contributed by atoms with van der Waals surface area (Å²) in [4.78, 5) is 47.4. The van der Waals surface area contributed by atoms with Gasteiger partial charge in [0.1, 0.15) is 33.4 Å². The van der Waals surface area contributed by atoms with Crippen LogP contribution in [0.2, 0.25) is 0 Å². The van der Waals surface area contributed by atoms with E-state index in [-0.39, 0.29) is 30.7 Å². The van der Waals surface area contributed by atoms with Crippen LogP contribution >= 0.6 is 23.1 Å². The molecular formula is C20H26N4O4S2. The second kappa shape index (κ2) is 9.30. The van der Waals surface area contributed by atoms with Gasteiger partial charge < -0.3 is 15.4 Å². The predicted molar refractivity (Wildman–Crippen MR) is 117 cm³/mol. The van der Waals surface area contributed by atoms with Gasteiger partial charge in [-0.2, -0.15) is 0 Å². The standard InChI is InChI=1S/C20H26N4O4S2/c1-5-6-12-7-14(25)21-8-15-22-13(9-29-15)17-24-20(4,10-30-17)19(27)23-16(11(2)3)18(26)28-12/h5-6,9,11-12,16H,7-8,10H2,1-4H3,(H,21,25)(H,23,27). The summed E-state index contributed by atoms with van der Waals surface area (Å²) >= 11 is 2.88. The van der Waals surface area contributed by atoms with E-state index in [4.69, 9.17) is 4.74 Å². The van der Waals surface area contributed by atoms with Crippen molar-refractivity contribution >= 4 is 45.9 Å². The molecule has 0 saturated heterocycles. The molecule has 0 aromatic carbocycles. The maximum atomic E-state index is 13.0. The number of nitrogens with one attached hydrogen (secondary N) is 2. The summed E-state index contributed by atoms with van der Waals surface area (Å²) in [7, 11) is 0. The topological polar surface area (TPSA) is 110 Å². The van der Waals surface area contributed by atoms with Gasteiger partial charge in [0.05, 0.1) is 13.0 Å². The number of thiazole rings is 1. The number of fused-ring (bicyclic) bond motifs is 4. The number of esters is 1. The van der Waals surface area contributed by atoms with Crippen LogP contribution < -0.4 is 10.6 Å². The van der Waals surface area contributed by atoms with Gasteiger partial charge in [0, 0.05) is 11.1 Å². The first-order chi connectivity index (χ1) is 14.2. The average Bonchev–Trinajstić information content (AvgIpc) is 3.31. The van der Waals surface area contributed by atoms with Crippen molar-refractivity contribution in [1.82, 2.24) is 15.6 Å². The highest BCUT2D eigenvalue weighted by Gasteiger charge is 2.41. The molecule has 162 valence electrons. The number of ether oxygens (including phenoxy) is 1. The third-order valence-electron chi connectivity index (χ3n) is 4.80. The number of carbonyl (C=O) groups is 3. The molecule has 0 aliphatic carbocycles. The Kier molecular flexibility index (Phi) is 6.97. The quantitative estimate of drug-likeness (QED) is 0.527. The summed E-state index contributed by atoms with van der Waals surface area (Å²) in [6, 6.07) is -0.840. The third kappa shape index (κ3) is 5.10. The minimum absolute atomic E-state index is 0.00660. The molecule has 0 saturated carbocycles. The lowest BCUT2D eigenvalue weighted by Crippen LogP contribution is -2.53. The number of cyclic esters (lactones) is 1. The zero-order valence-electron chi connectivity index (χ0n) is 17.4. The van der Waals surface area contributed by atoms with Crippen LogP contribution in [0, 0.1) is 5.92 Å². The monoisotopic (exact) mass is 450 g/mol. The maximum absolute atomic E-state index is 13.0. The number of aromatic nitrogens is 1. The largest absolute Gasteiger partial charge is 0.456 e. The summed E-state index contributed by atoms with van der Waals surface area (Å²) in [6.07, 6.45) is 2.66. The van der Waals surface area contributed by atoms with Gasteiger partial charge in [-0.05, 0) is 25.8 Å². The maximum Gasteiger partial charge on any atom is 0.329 e. The van der Waals surface area contributed by atoms with Crippen molar-refractivity contribution in [3.05, 3.63) is 28.2 Å². The van der Waals surface area contributed by atoms with Crippen molar-refractivity contribution in [2.24, 2.45) is 10.9 Å². The zero-order valence-corrected chi connectivity index (χ0v) is 19.1. The highest BCUT2D eigenvalue weighted by molar-refractivity contribution is 8.14. The van der Waals surface area contributed by atoms with E-state index in [1.165, 1.54) is 23.1 Å². The van der Waals surface area contributed by atoms with Gasteiger partial charge in [-0.15, -0.1) is 23.1 Å². The van der Waals surface area contributed by atoms with Gasteiger partial charge in [-0.25, -0.2) is 9.78 Å². The number of amides is 2.